The number of pyridine rings is 1. The first-order valence-electron chi connectivity index (χ1n) is 30.6. The molecule has 18 rings (SSSR count). The van der Waals surface area contributed by atoms with Crippen molar-refractivity contribution in [2.24, 2.45) is 0 Å². The highest BCUT2D eigenvalue weighted by Crippen LogP contribution is 2.52. The minimum atomic E-state index is 0.496. The molecule has 0 aliphatic rings. The van der Waals surface area contributed by atoms with E-state index < -0.39 is 0 Å². The molecule has 0 radical (unpaired) electrons. The van der Waals surface area contributed by atoms with E-state index in [0.29, 0.717) is 5.56 Å². The third kappa shape index (κ3) is 7.73. The Morgan fingerprint density at radius 2 is 0.522 bits per heavy atom. The number of hydrogen-bond acceptors (Lipinski definition) is 2. The lowest BCUT2D eigenvalue weighted by Gasteiger charge is -2.29. The predicted molar refractivity (Wildman–Crippen MR) is 373 cm³/mol. The summed E-state index contributed by atoms with van der Waals surface area (Å²) < 4.78 is 9.78. The number of aromatic nitrogens is 5. The molecule has 418 valence electrons. The van der Waals surface area contributed by atoms with Gasteiger partial charge in [0.25, 0.3) is 0 Å². The molecule has 6 heteroatoms. The van der Waals surface area contributed by atoms with Crippen LogP contribution in [0.3, 0.4) is 0 Å². The van der Waals surface area contributed by atoms with Crippen LogP contribution in [0.4, 0.5) is 0 Å². The van der Waals surface area contributed by atoms with Crippen molar-refractivity contribution >= 4 is 87.2 Å². The molecular weight excluding hydrogens is 1090 g/mol. The van der Waals surface area contributed by atoms with E-state index in [0.717, 1.165) is 166 Å². The van der Waals surface area contributed by atoms with Crippen molar-refractivity contribution in [1.82, 2.24) is 23.3 Å². The van der Waals surface area contributed by atoms with Crippen molar-refractivity contribution in [2.75, 3.05) is 0 Å². The number of rotatable bonds is 9. The first-order valence-corrected chi connectivity index (χ1v) is 30.6. The molecule has 0 aliphatic carbocycles. The first kappa shape index (κ1) is 51.0. The lowest BCUT2D eigenvalue weighted by molar-refractivity contribution is 1.03. The maximum absolute atomic E-state index is 13.1. The van der Waals surface area contributed by atoms with Gasteiger partial charge in [0.1, 0.15) is 11.6 Å². The Balaban J connectivity index is 1.12. The number of nitrogens with zero attached hydrogens (tertiary/aromatic N) is 6. The monoisotopic (exact) mass is 1140 g/mol. The summed E-state index contributed by atoms with van der Waals surface area (Å²) in [5.41, 5.74) is 22.3. The van der Waals surface area contributed by atoms with Crippen molar-refractivity contribution in [1.29, 1.82) is 5.26 Å². The second kappa shape index (κ2) is 20.4. The van der Waals surface area contributed by atoms with Crippen LogP contribution in [0, 0.1) is 11.3 Å². The van der Waals surface area contributed by atoms with Gasteiger partial charge in [0.15, 0.2) is 0 Å². The molecule has 90 heavy (non-hydrogen) atoms. The van der Waals surface area contributed by atoms with Crippen molar-refractivity contribution in [3.63, 3.8) is 0 Å². The molecule has 0 fully saturated rings. The fraction of sp³-hybridized carbons (Fsp3) is 0. The van der Waals surface area contributed by atoms with Crippen molar-refractivity contribution in [2.45, 2.75) is 0 Å². The summed E-state index contributed by atoms with van der Waals surface area (Å²) in [6, 6.07) is 112. The second-order valence-electron chi connectivity index (χ2n) is 23.3. The summed E-state index contributed by atoms with van der Waals surface area (Å²) in [4.78, 5) is 5.01. The van der Waals surface area contributed by atoms with E-state index in [4.69, 9.17) is 4.98 Å². The van der Waals surface area contributed by atoms with Crippen LogP contribution in [0.25, 0.3) is 166 Å². The van der Waals surface area contributed by atoms with Crippen LogP contribution < -0.4 is 0 Å². The standard InChI is InChI=1S/C84H52N6/c85-52-71-81(87-72-35-17-13-31-63(72)67-48-58(39-43-76(67)87)54-22-5-1-6-23-54)80(62-30-21-47-86-53-62)83(89-74-37-19-15-33-65(74)69-50-60(41-45-78(69)89)56-26-9-3-10-27-56)84(90-75-38-20-16-34-66(75)70-51-61(42-46-79(70)90)57-28-11-4-12-29-57)82(71)88-73-36-18-14-32-64(73)68-49-59(40-44-77(68)88)55-24-7-2-8-25-55/h1-51,53H. The average Bonchev–Trinajstić information content (AvgIpc) is 1.45. The van der Waals surface area contributed by atoms with Gasteiger partial charge in [-0.05, 0) is 123 Å². The molecule has 0 amide bonds. The van der Waals surface area contributed by atoms with Gasteiger partial charge in [0.05, 0.1) is 66.9 Å². The molecule has 0 saturated heterocycles. The highest BCUT2D eigenvalue weighted by Gasteiger charge is 2.35. The van der Waals surface area contributed by atoms with E-state index in [1.165, 1.54) is 0 Å². The maximum atomic E-state index is 13.1. The number of para-hydroxylation sites is 4. The van der Waals surface area contributed by atoms with Gasteiger partial charge in [0, 0.05) is 66.6 Å². The van der Waals surface area contributed by atoms with Crippen LogP contribution in [-0.4, -0.2) is 23.3 Å². The Labute approximate surface area is 518 Å². The number of benzene rings is 13. The Bertz CT molecular complexity index is 5950. The zero-order chi connectivity index (χ0) is 59.4. The molecule has 0 saturated carbocycles. The van der Waals surface area contributed by atoms with Gasteiger partial charge in [-0.2, -0.15) is 5.26 Å². The molecule has 0 bridgehead atoms. The topological polar surface area (TPSA) is 56.4 Å². The molecule has 5 aromatic heterocycles. The number of fused-ring (bicyclic) bond motifs is 12. The molecular formula is C84H52N6. The molecule has 18 aromatic rings. The predicted octanol–water partition coefficient (Wildman–Crippen LogP) is 21.7. The Morgan fingerprint density at radius 1 is 0.233 bits per heavy atom. The molecule has 13 aromatic carbocycles. The van der Waals surface area contributed by atoms with E-state index in [2.05, 4.69) is 322 Å². The molecule has 0 unspecified atom stereocenters. The van der Waals surface area contributed by atoms with Gasteiger partial charge in [-0.3, -0.25) is 4.98 Å². The molecule has 6 nitrogen and oxygen atoms in total. The van der Waals surface area contributed by atoms with Crippen molar-refractivity contribution in [3.05, 3.63) is 321 Å². The van der Waals surface area contributed by atoms with Crippen LogP contribution in [0.5, 0.6) is 0 Å². The van der Waals surface area contributed by atoms with E-state index in [1.807, 2.05) is 18.5 Å². The van der Waals surface area contributed by atoms with Crippen LogP contribution in [0.1, 0.15) is 5.56 Å². The maximum Gasteiger partial charge on any atom is 0.104 e. The van der Waals surface area contributed by atoms with Crippen molar-refractivity contribution < 1.29 is 0 Å². The summed E-state index contributed by atoms with van der Waals surface area (Å²) >= 11 is 0. The zero-order valence-corrected chi connectivity index (χ0v) is 48.7. The van der Waals surface area contributed by atoms with Gasteiger partial charge >= 0.3 is 0 Å². The first-order chi connectivity index (χ1) is 44.7. The molecule has 0 atom stereocenters. The summed E-state index contributed by atoms with van der Waals surface area (Å²) in [6.07, 6.45) is 3.83. The van der Waals surface area contributed by atoms with E-state index in [-0.39, 0.29) is 0 Å². The third-order valence-corrected chi connectivity index (χ3v) is 18.5. The van der Waals surface area contributed by atoms with Crippen LogP contribution in [0.15, 0.2) is 316 Å². The normalized spacial score (nSPS) is 11.8. The van der Waals surface area contributed by atoms with Gasteiger partial charge in [-0.1, -0.05) is 224 Å². The second-order valence-corrected chi connectivity index (χ2v) is 23.3. The number of nitriles is 1. The Morgan fingerprint density at radius 3 is 0.856 bits per heavy atom. The van der Waals surface area contributed by atoms with E-state index >= 15 is 0 Å². The van der Waals surface area contributed by atoms with Crippen LogP contribution in [-0.2, 0) is 0 Å². The molecule has 0 N–H and O–H groups in total. The summed E-state index contributed by atoms with van der Waals surface area (Å²) in [5.74, 6) is 0. The number of hydrogen-bond donors (Lipinski definition) is 0. The fourth-order valence-electron chi connectivity index (χ4n) is 14.6. The van der Waals surface area contributed by atoms with E-state index in [9.17, 15) is 5.26 Å². The van der Waals surface area contributed by atoms with Gasteiger partial charge in [0.2, 0.25) is 0 Å². The molecule has 5 heterocycles. The third-order valence-electron chi connectivity index (χ3n) is 18.5. The largest absolute Gasteiger partial charge is 0.307 e. The smallest absolute Gasteiger partial charge is 0.104 e. The van der Waals surface area contributed by atoms with Crippen molar-refractivity contribution in [3.8, 4) is 84.5 Å². The molecule has 0 spiro atoms. The fourth-order valence-corrected chi connectivity index (χ4v) is 14.6. The average molecular weight is 1150 g/mol. The SMILES string of the molecule is N#Cc1c(-n2c3ccccc3c3cc(-c4ccccc4)ccc32)c(-c2cccnc2)c(-n2c3ccccc3c3cc(-c4ccccc4)ccc32)c(-n2c3ccccc3c3cc(-c4ccccc4)ccc32)c1-n1c2ccccc2c2cc(-c3ccccc3)ccc21. The summed E-state index contributed by atoms with van der Waals surface area (Å²) in [6.45, 7) is 0. The van der Waals surface area contributed by atoms with Gasteiger partial charge < -0.3 is 18.3 Å². The Kier molecular flexibility index (Phi) is 11.6. The molecule has 0 aliphatic heterocycles. The zero-order valence-electron chi connectivity index (χ0n) is 48.7. The van der Waals surface area contributed by atoms with Gasteiger partial charge in [-0.15, -0.1) is 0 Å². The summed E-state index contributed by atoms with van der Waals surface area (Å²) in [7, 11) is 0. The quantitative estimate of drug-likeness (QED) is 0.145. The van der Waals surface area contributed by atoms with E-state index in [1.54, 1.807) is 0 Å². The van der Waals surface area contributed by atoms with Crippen LogP contribution in [0.2, 0.25) is 0 Å². The Hall–Kier alpha value is -12.3. The summed E-state index contributed by atoms with van der Waals surface area (Å²) in [5, 5.41) is 21.8. The lowest BCUT2D eigenvalue weighted by Crippen LogP contribution is -2.16. The minimum Gasteiger partial charge on any atom is -0.307 e. The highest BCUT2D eigenvalue weighted by atomic mass is 15.1. The highest BCUT2D eigenvalue weighted by molar-refractivity contribution is 6.18. The minimum absolute atomic E-state index is 0.496. The van der Waals surface area contributed by atoms with Gasteiger partial charge in [-0.25, -0.2) is 0 Å². The van der Waals surface area contributed by atoms with Crippen LogP contribution >= 0.6 is 0 Å². The lowest BCUT2D eigenvalue weighted by atomic mass is 9.94.